The first-order valence-electron chi connectivity index (χ1n) is 9.02. The third kappa shape index (κ3) is 2.20. The van der Waals surface area contributed by atoms with E-state index in [1.165, 1.54) is 11.1 Å². The predicted octanol–water partition coefficient (Wildman–Crippen LogP) is 3.17. The number of hydrogen-bond donors (Lipinski definition) is 1. The lowest BCUT2D eigenvalue weighted by Crippen LogP contribution is -2.55. The zero-order chi connectivity index (χ0) is 16.9. The van der Waals surface area contributed by atoms with E-state index in [0.29, 0.717) is 18.4 Å². The Hall–Kier alpha value is -1.52. The van der Waals surface area contributed by atoms with Crippen molar-refractivity contribution in [3.05, 3.63) is 35.4 Å². The summed E-state index contributed by atoms with van der Waals surface area (Å²) in [6, 6.07) is 4.33. The fourth-order valence-electron chi connectivity index (χ4n) is 4.98. The van der Waals surface area contributed by atoms with Gasteiger partial charge in [0.1, 0.15) is 0 Å². The zero-order valence-electron chi connectivity index (χ0n) is 14.7. The van der Waals surface area contributed by atoms with Crippen molar-refractivity contribution in [3.63, 3.8) is 0 Å². The Morgan fingerprint density at radius 1 is 1.38 bits per heavy atom. The molecule has 1 aromatic carbocycles. The lowest BCUT2D eigenvalue weighted by Gasteiger charge is -2.53. The lowest BCUT2D eigenvalue weighted by atomic mass is 9.54. The van der Waals surface area contributed by atoms with Gasteiger partial charge in [-0.25, -0.2) is 0 Å². The van der Waals surface area contributed by atoms with Crippen LogP contribution in [0, 0.1) is 11.8 Å². The maximum atomic E-state index is 6.64. The molecule has 2 aliphatic carbocycles. The van der Waals surface area contributed by atoms with Crippen LogP contribution in [0.15, 0.2) is 24.3 Å². The molecular weight excluding hydrogens is 302 g/mol. The van der Waals surface area contributed by atoms with Gasteiger partial charge in [0, 0.05) is 30.0 Å². The minimum Gasteiger partial charge on any atom is -0.493 e. The SMILES string of the molecule is CCO[C@@H]1C[C@]23C=CC(C)C[C@H]2[C@H](N)Cc2ccc(OC)c(c23)O1. The van der Waals surface area contributed by atoms with Crippen LogP contribution in [0.1, 0.15) is 37.8 Å². The van der Waals surface area contributed by atoms with Gasteiger partial charge < -0.3 is 19.9 Å². The van der Waals surface area contributed by atoms with E-state index in [-0.39, 0.29) is 17.7 Å². The average Bonchev–Trinajstić information content (AvgIpc) is 2.57. The minimum atomic E-state index is -0.252. The summed E-state index contributed by atoms with van der Waals surface area (Å²) in [6.07, 6.45) is 7.33. The van der Waals surface area contributed by atoms with E-state index >= 15 is 0 Å². The maximum absolute atomic E-state index is 6.64. The van der Waals surface area contributed by atoms with Crippen molar-refractivity contribution in [2.45, 2.75) is 50.9 Å². The topological polar surface area (TPSA) is 53.7 Å². The second-order valence-electron chi connectivity index (χ2n) is 7.42. The molecule has 0 saturated carbocycles. The van der Waals surface area contributed by atoms with Gasteiger partial charge >= 0.3 is 0 Å². The van der Waals surface area contributed by atoms with Gasteiger partial charge in [0.15, 0.2) is 11.5 Å². The number of rotatable bonds is 3. The van der Waals surface area contributed by atoms with Crippen molar-refractivity contribution >= 4 is 0 Å². The van der Waals surface area contributed by atoms with Gasteiger partial charge in [-0.2, -0.15) is 0 Å². The van der Waals surface area contributed by atoms with Gasteiger partial charge in [0.25, 0.3) is 0 Å². The number of nitrogens with two attached hydrogens (primary N) is 1. The monoisotopic (exact) mass is 329 g/mol. The molecule has 2 N–H and O–H groups in total. The Morgan fingerprint density at radius 3 is 2.96 bits per heavy atom. The Balaban J connectivity index is 1.94. The van der Waals surface area contributed by atoms with Gasteiger partial charge in [0.05, 0.1) is 7.11 Å². The summed E-state index contributed by atoms with van der Waals surface area (Å²) in [5, 5.41) is 0. The highest BCUT2D eigenvalue weighted by Gasteiger charge is 2.53. The molecule has 1 aromatic rings. The largest absolute Gasteiger partial charge is 0.493 e. The maximum Gasteiger partial charge on any atom is 0.201 e. The first-order chi connectivity index (χ1) is 11.6. The molecule has 1 aliphatic heterocycles. The van der Waals surface area contributed by atoms with Crippen LogP contribution in [0.5, 0.6) is 11.5 Å². The fourth-order valence-corrected chi connectivity index (χ4v) is 4.98. The molecule has 4 nitrogen and oxygen atoms in total. The molecule has 4 rings (SSSR count). The van der Waals surface area contributed by atoms with E-state index in [9.17, 15) is 0 Å². The average molecular weight is 329 g/mol. The van der Waals surface area contributed by atoms with Crippen LogP contribution in [0.3, 0.4) is 0 Å². The van der Waals surface area contributed by atoms with Crippen molar-refractivity contribution in [1.82, 2.24) is 0 Å². The Labute approximate surface area is 144 Å². The van der Waals surface area contributed by atoms with Gasteiger partial charge in [-0.1, -0.05) is 25.1 Å². The number of allylic oxidation sites excluding steroid dienone is 2. The van der Waals surface area contributed by atoms with E-state index in [2.05, 4.69) is 25.1 Å². The van der Waals surface area contributed by atoms with Gasteiger partial charge in [-0.05, 0) is 43.2 Å². The smallest absolute Gasteiger partial charge is 0.201 e. The summed E-state index contributed by atoms with van der Waals surface area (Å²) >= 11 is 0. The van der Waals surface area contributed by atoms with Crippen LogP contribution >= 0.6 is 0 Å². The third-order valence-electron chi connectivity index (χ3n) is 5.98. The van der Waals surface area contributed by atoms with Crippen LogP contribution in [0.25, 0.3) is 0 Å². The summed E-state index contributed by atoms with van der Waals surface area (Å²) in [5.74, 6) is 2.63. The molecular formula is C20H27NO3. The molecule has 3 aliphatic rings. The molecule has 1 unspecified atom stereocenters. The van der Waals surface area contributed by atoms with Crippen molar-refractivity contribution in [2.24, 2.45) is 17.6 Å². The standard InChI is InChI=1S/C20H27NO3/c1-4-23-17-11-20-8-7-12(2)9-14(20)15(21)10-13-5-6-16(22-3)19(24-17)18(13)20/h5-8,12,14-15,17H,4,9-11,21H2,1-3H3/t12?,14-,15+,17-,20+/m0/s1. The van der Waals surface area contributed by atoms with E-state index in [4.69, 9.17) is 19.9 Å². The molecule has 24 heavy (non-hydrogen) atoms. The quantitative estimate of drug-likeness (QED) is 0.866. The molecule has 4 heteroatoms. The summed E-state index contributed by atoms with van der Waals surface area (Å²) < 4.78 is 17.7. The fraction of sp³-hybridized carbons (Fsp3) is 0.600. The van der Waals surface area contributed by atoms with Crippen molar-refractivity contribution in [2.75, 3.05) is 13.7 Å². The second kappa shape index (κ2) is 5.78. The molecule has 0 radical (unpaired) electrons. The molecule has 130 valence electrons. The minimum absolute atomic E-state index is 0.0958. The molecule has 5 atom stereocenters. The van der Waals surface area contributed by atoms with E-state index in [1.807, 2.05) is 13.0 Å². The number of benzene rings is 1. The van der Waals surface area contributed by atoms with Gasteiger partial charge in [0.2, 0.25) is 6.29 Å². The van der Waals surface area contributed by atoms with Crippen LogP contribution < -0.4 is 15.2 Å². The molecule has 0 fully saturated rings. The third-order valence-corrected chi connectivity index (χ3v) is 5.98. The Kier molecular flexibility index (Phi) is 3.85. The highest BCUT2D eigenvalue weighted by molar-refractivity contribution is 5.60. The van der Waals surface area contributed by atoms with Crippen LogP contribution in [0.4, 0.5) is 0 Å². The van der Waals surface area contributed by atoms with Gasteiger partial charge in [-0.15, -0.1) is 0 Å². The summed E-state index contributed by atoms with van der Waals surface area (Å²) in [5.41, 5.74) is 9.13. The molecule has 0 bridgehead atoms. The Bertz CT molecular complexity index is 671. The molecule has 1 heterocycles. The highest BCUT2D eigenvalue weighted by Crippen LogP contribution is 2.58. The zero-order valence-corrected chi connectivity index (χ0v) is 14.7. The highest BCUT2D eigenvalue weighted by atomic mass is 16.7. The summed E-state index contributed by atoms with van der Waals surface area (Å²) in [4.78, 5) is 0. The van der Waals surface area contributed by atoms with Crippen molar-refractivity contribution < 1.29 is 14.2 Å². The summed E-state index contributed by atoms with van der Waals surface area (Å²) in [7, 11) is 1.70. The molecule has 0 aromatic heterocycles. The second-order valence-corrected chi connectivity index (χ2v) is 7.42. The van der Waals surface area contributed by atoms with Crippen LogP contribution in [-0.4, -0.2) is 26.0 Å². The first-order valence-corrected chi connectivity index (χ1v) is 9.02. The van der Waals surface area contributed by atoms with Crippen LogP contribution in [-0.2, 0) is 16.6 Å². The van der Waals surface area contributed by atoms with Crippen molar-refractivity contribution in [3.8, 4) is 11.5 Å². The molecule has 0 saturated heterocycles. The summed E-state index contributed by atoms with van der Waals surface area (Å²) in [6.45, 7) is 4.92. The lowest BCUT2D eigenvalue weighted by molar-refractivity contribution is -0.109. The number of ether oxygens (including phenoxy) is 3. The number of hydrogen-bond acceptors (Lipinski definition) is 4. The van der Waals surface area contributed by atoms with E-state index in [1.54, 1.807) is 7.11 Å². The van der Waals surface area contributed by atoms with Gasteiger partial charge in [-0.3, -0.25) is 0 Å². The first kappa shape index (κ1) is 16.0. The van der Waals surface area contributed by atoms with Crippen LogP contribution in [0.2, 0.25) is 0 Å². The van der Waals surface area contributed by atoms with Crippen molar-refractivity contribution in [1.29, 1.82) is 0 Å². The Morgan fingerprint density at radius 2 is 2.21 bits per heavy atom. The predicted molar refractivity (Wildman–Crippen MR) is 93.4 cm³/mol. The normalized spacial score (nSPS) is 36.5. The number of methoxy groups -OCH3 is 1. The van der Waals surface area contributed by atoms with E-state index in [0.717, 1.165) is 30.8 Å². The van der Waals surface area contributed by atoms with E-state index < -0.39 is 0 Å². The molecule has 1 spiro atoms. The molecule has 0 amide bonds.